The maximum Gasteiger partial charge on any atom is 0.253 e. The van der Waals surface area contributed by atoms with E-state index in [-0.39, 0.29) is 5.91 Å². The number of hydrogen-bond acceptors (Lipinski definition) is 3. The summed E-state index contributed by atoms with van der Waals surface area (Å²) >= 11 is 0. The van der Waals surface area contributed by atoms with Crippen molar-refractivity contribution in [2.24, 2.45) is 5.84 Å². The molecule has 0 bridgehead atoms. The van der Waals surface area contributed by atoms with Crippen molar-refractivity contribution in [3.8, 4) is 0 Å². The summed E-state index contributed by atoms with van der Waals surface area (Å²) in [6.45, 7) is 0.594. The summed E-state index contributed by atoms with van der Waals surface area (Å²) in [6.07, 6.45) is 0. The van der Waals surface area contributed by atoms with Gasteiger partial charge >= 0.3 is 0 Å². The van der Waals surface area contributed by atoms with Crippen molar-refractivity contribution < 1.29 is 4.79 Å². The Morgan fingerprint density at radius 2 is 1.74 bits per heavy atom. The predicted octanol–water partition coefficient (Wildman–Crippen LogP) is 2.24. The smallest absolute Gasteiger partial charge is 0.253 e. The molecule has 0 aliphatic heterocycles. The van der Waals surface area contributed by atoms with Gasteiger partial charge in [-0.15, -0.1) is 0 Å². The monoisotopic (exact) mass is 255 g/mol. The zero-order valence-electron chi connectivity index (χ0n) is 10.8. The van der Waals surface area contributed by atoms with Crippen LogP contribution in [0.4, 0.5) is 5.69 Å². The van der Waals surface area contributed by atoms with Crippen LogP contribution in [0.25, 0.3) is 0 Å². The molecule has 2 aromatic rings. The molecule has 0 heterocycles. The second-order valence-corrected chi connectivity index (χ2v) is 4.37. The van der Waals surface area contributed by atoms with Gasteiger partial charge in [-0.25, -0.2) is 0 Å². The van der Waals surface area contributed by atoms with Crippen LogP contribution in [-0.2, 0) is 6.54 Å². The lowest BCUT2D eigenvalue weighted by Crippen LogP contribution is -2.26. The van der Waals surface area contributed by atoms with Gasteiger partial charge in [0.2, 0.25) is 0 Å². The van der Waals surface area contributed by atoms with Crippen LogP contribution >= 0.6 is 0 Å². The van der Waals surface area contributed by atoms with Crippen molar-refractivity contribution >= 4 is 11.6 Å². The van der Waals surface area contributed by atoms with Crippen LogP contribution in [0.2, 0.25) is 0 Å². The molecule has 2 aromatic carbocycles. The lowest BCUT2D eigenvalue weighted by Gasteiger charge is -2.17. The molecular weight excluding hydrogens is 238 g/mol. The van der Waals surface area contributed by atoms with Gasteiger partial charge in [-0.1, -0.05) is 30.3 Å². The first-order valence-corrected chi connectivity index (χ1v) is 6.07. The van der Waals surface area contributed by atoms with Gasteiger partial charge in [-0.05, 0) is 29.8 Å². The molecule has 0 unspecified atom stereocenters. The zero-order chi connectivity index (χ0) is 13.7. The maximum absolute atomic E-state index is 12.2. The number of nitrogens with zero attached hydrogens (tertiary/aromatic N) is 1. The van der Waals surface area contributed by atoms with Crippen molar-refractivity contribution in [3.63, 3.8) is 0 Å². The van der Waals surface area contributed by atoms with Gasteiger partial charge < -0.3 is 10.3 Å². The number of hydrogen-bond donors (Lipinski definition) is 2. The van der Waals surface area contributed by atoms with Crippen molar-refractivity contribution in [2.45, 2.75) is 6.54 Å². The van der Waals surface area contributed by atoms with Crippen LogP contribution in [0, 0.1) is 0 Å². The molecule has 98 valence electrons. The number of hydrazine groups is 1. The highest BCUT2D eigenvalue weighted by molar-refractivity contribution is 5.94. The Kier molecular flexibility index (Phi) is 4.15. The number of rotatable bonds is 4. The highest BCUT2D eigenvalue weighted by Gasteiger charge is 2.11. The minimum atomic E-state index is -0.00701. The van der Waals surface area contributed by atoms with E-state index in [4.69, 9.17) is 5.84 Å². The molecule has 0 fully saturated rings. The fourth-order valence-electron chi connectivity index (χ4n) is 1.86. The van der Waals surface area contributed by atoms with Crippen LogP contribution in [0.1, 0.15) is 15.9 Å². The standard InChI is InChI=1S/C15H17N3O/c1-18(11-12-5-3-2-4-6-12)15(19)13-7-9-14(17-16)10-8-13/h2-10,17H,11,16H2,1H3. The van der Waals surface area contributed by atoms with Gasteiger partial charge in [0, 0.05) is 24.8 Å². The van der Waals surface area contributed by atoms with Crippen molar-refractivity contribution in [3.05, 3.63) is 65.7 Å². The Morgan fingerprint density at radius 1 is 1.11 bits per heavy atom. The van der Waals surface area contributed by atoms with Crippen LogP contribution in [-0.4, -0.2) is 17.9 Å². The Labute approximate surface area is 112 Å². The fourth-order valence-corrected chi connectivity index (χ4v) is 1.86. The number of nitrogens with two attached hydrogens (primary N) is 1. The van der Waals surface area contributed by atoms with Crippen LogP contribution in [0.15, 0.2) is 54.6 Å². The summed E-state index contributed by atoms with van der Waals surface area (Å²) in [5.74, 6) is 5.29. The zero-order valence-corrected chi connectivity index (χ0v) is 10.8. The van der Waals surface area contributed by atoms with Crippen LogP contribution < -0.4 is 11.3 Å². The molecule has 0 saturated heterocycles. The Hall–Kier alpha value is -2.33. The first kappa shape index (κ1) is 13.1. The third-order valence-corrected chi connectivity index (χ3v) is 2.91. The maximum atomic E-state index is 12.2. The number of anilines is 1. The average molecular weight is 255 g/mol. The Bertz CT molecular complexity index is 537. The van der Waals surface area contributed by atoms with Gasteiger partial charge in [0.05, 0.1) is 0 Å². The van der Waals surface area contributed by atoms with Gasteiger partial charge in [0.15, 0.2) is 0 Å². The number of nitrogens with one attached hydrogen (secondary N) is 1. The Balaban J connectivity index is 2.06. The summed E-state index contributed by atoms with van der Waals surface area (Å²) in [6, 6.07) is 17.0. The molecule has 0 aliphatic carbocycles. The van der Waals surface area contributed by atoms with Crippen molar-refractivity contribution in [1.82, 2.24) is 4.90 Å². The van der Waals surface area contributed by atoms with E-state index in [1.165, 1.54) is 0 Å². The topological polar surface area (TPSA) is 58.4 Å². The SMILES string of the molecule is CN(Cc1ccccc1)C(=O)c1ccc(NN)cc1. The quantitative estimate of drug-likeness (QED) is 0.650. The lowest BCUT2D eigenvalue weighted by molar-refractivity contribution is 0.0785. The number of carbonyl (C=O) groups excluding carboxylic acids is 1. The molecule has 0 spiro atoms. The summed E-state index contributed by atoms with van der Waals surface area (Å²) in [5, 5.41) is 0. The summed E-state index contributed by atoms with van der Waals surface area (Å²) in [4.78, 5) is 13.9. The average Bonchev–Trinajstić information content (AvgIpc) is 2.47. The molecule has 0 aliphatic rings. The molecule has 0 aromatic heterocycles. The van der Waals surface area contributed by atoms with E-state index in [0.29, 0.717) is 12.1 Å². The van der Waals surface area contributed by atoms with Crippen molar-refractivity contribution in [2.75, 3.05) is 12.5 Å². The molecule has 0 saturated carbocycles. The minimum absolute atomic E-state index is 0.00701. The van der Waals surface area contributed by atoms with E-state index in [9.17, 15) is 4.79 Å². The lowest BCUT2D eigenvalue weighted by atomic mass is 10.1. The van der Waals surface area contributed by atoms with E-state index in [1.54, 1.807) is 36.2 Å². The molecule has 4 nitrogen and oxygen atoms in total. The summed E-state index contributed by atoms with van der Waals surface area (Å²) in [5.41, 5.74) is 5.08. The molecule has 3 N–H and O–H groups in total. The molecule has 19 heavy (non-hydrogen) atoms. The Morgan fingerprint density at radius 3 is 2.32 bits per heavy atom. The van der Waals surface area contributed by atoms with Crippen LogP contribution in [0.5, 0.6) is 0 Å². The van der Waals surface area contributed by atoms with E-state index >= 15 is 0 Å². The van der Waals surface area contributed by atoms with Gasteiger partial charge in [0.1, 0.15) is 0 Å². The second-order valence-electron chi connectivity index (χ2n) is 4.37. The minimum Gasteiger partial charge on any atom is -0.337 e. The molecular formula is C15H17N3O. The van der Waals surface area contributed by atoms with Crippen molar-refractivity contribution in [1.29, 1.82) is 0 Å². The van der Waals surface area contributed by atoms with E-state index in [2.05, 4.69) is 5.43 Å². The highest BCUT2D eigenvalue weighted by Crippen LogP contribution is 2.11. The van der Waals surface area contributed by atoms with Gasteiger partial charge in [-0.2, -0.15) is 0 Å². The largest absolute Gasteiger partial charge is 0.337 e. The van der Waals surface area contributed by atoms with Gasteiger partial charge in [0.25, 0.3) is 5.91 Å². The summed E-state index contributed by atoms with van der Waals surface area (Å²) < 4.78 is 0. The normalized spacial score (nSPS) is 10.0. The summed E-state index contributed by atoms with van der Waals surface area (Å²) in [7, 11) is 1.80. The number of nitrogen functional groups attached to an aromatic ring is 1. The first-order valence-electron chi connectivity index (χ1n) is 6.07. The molecule has 2 rings (SSSR count). The van der Waals surface area contributed by atoms with Crippen LogP contribution in [0.3, 0.4) is 0 Å². The first-order chi connectivity index (χ1) is 9.20. The second kappa shape index (κ2) is 6.02. The number of benzene rings is 2. The van der Waals surface area contributed by atoms with E-state index < -0.39 is 0 Å². The van der Waals surface area contributed by atoms with Gasteiger partial charge in [-0.3, -0.25) is 10.6 Å². The predicted molar refractivity (Wildman–Crippen MR) is 76.5 cm³/mol. The number of carbonyl (C=O) groups is 1. The third kappa shape index (κ3) is 3.33. The number of amides is 1. The third-order valence-electron chi connectivity index (χ3n) is 2.91. The molecule has 0 radical (unpaired) electrons. The highest BCUT2D eigenvalue weighted by atomic mass is 16.2. The van der Waals surface area contributed by atoms with E-state index in [1.807, 2.05) is 30.3 Å². The fraction of sp³-hybridized carbons (Fsp3) is 0.133. The molecule has 1 amide bonds. The molecule has 4 heteroatoms. The van der Waals surface area contributed by atoms with E-state index in [0.717, 1.165) is 11.3 Å². The molecule has 0 atom stereocenters.